The highest BCUT2D eigenvalue weighted by atomic mass is 19.1. The molecule has 0 saturated carbocycles. The van der Waals surface area contributed by atoms with Crippen LogP contribution in [0.1, 0.15) is 31.4 Å². The van der Waals surface area contributed by atoms with Crippen molar-refractivity contribution in [2.24, 2.45) is 5.92 Å². The summed E-state index contributed by atoms with van der Waals surface area (Å²) in [6.45, 7) is 6.18. The number of esters is 1. The highest BCUT2D eigenvalue weighted by molar-refractivity contribution is 5.75. The van der Waals surface area contributed by atoms with Crippen LogP contribution in [0.5, 0.6) is 0 Å². The SMILES string of the molecule is CCC(C)C(NCc1ccc(C)c(F)c1)C(=O)OC. The van der Waals surface area contributed by atoms with Crippen LogP contribution in [0.15, 0.2) is 18.2 Å². The second-order valence-corrected chi connectivity index (χ2v) is 4.85. The van der Waals surface area contributed by atoms with Crippen molar-refractivity contribution in [2.75, 3.05) is 7.11 Å². The molecule has 0 aliphatic rings. The minimum absolute atomic E-state index is 0.169. The van der Waals surface area contributed by atoms with E-state index in [1.54, 1.807) is 13.0 Å². The van der Waals surface area contributed by atoms with E-state index in [0.717, 1.165) is 12.0 Å². The molecule has 0 aliphatic heterocycles. The second-order valence-electron chi connectivity index (χ2n) is 4.85. The molecule has 0 bridgehead atoms. The fraction of sp³-hybridized carbons (Fsp3) is 0.533. The number of hydrogen-bond donors (Lipinski definition) is 1. The fourth-order valence-electron chi connectivity index (χ4n) is 1.85. The smallest absolute Gasteiger partial charge is 0.323 e. The first kappa shape index (κ1) is 15.6. The minimum atomic E-state index is -0.362. The first-order valence-electron chi connectivity index (χ1n) is 6.55. The topological polar surface area (TPSA) is 38.3 Å². The van der Waals surface area contributed by atoms with Gasteiger partial charge in [-0.2, -0.15) is 0 Å². The van der Waals surface area contributed by atoms with E-state index in [1.165, 1.54) is 13.2 Å². The average Bonchev–Trinajstić information content (AvgIpc) is 2.42. The number of hydrogen-bond acceptors (Lipinski definition) is 3. The fourth-order valence-corrected chi connectivity index (χ4v) is 1.85. The molecule has 0 fully saturated rings. The molecular formula is C15H22FNO2. The summed E-state index contributed by atoms with van der Waals surface area (Å²) in [5, 5.41) is 3.14. The summed E-state index contributed by atoms with van der Waals surface area (Å²) in [7, 11) is 1.38. The number of nitrogens with one attached hydrogen (secondary N) is 1. The maximum Gasteiger partial charge on any atom is 0.323 e. The number of carbonyl (C=O) groups excluding carboxylic acids is 1. The molecular weight excluding hydrogens is 245 g/mol. The van der Waals surface area contributed by atoms with Gasteiger partial charge in [-0.15, -0.1) is 0 Å². The van der Waals surface area contributed by atoms with Gasteiger partial charge in [0.2, 0.25) is 0 Å². The molecule has 19 heavy (non-hydrogen) atoms. The normalized spacial score (nSPS) is 13.9. The summed E-state index contributed by atoms with van der Waals surface area (Å²) in [5.41, 5.74) is 1.44. The minimum Gasteiger partial charge on any atom is -0.468 e. The van der Waals surface area contributed by atoms with E-state index in [-0.39, 0.29) is 23.7 Å². The highest BCUT2D eigenvalue weighted by Gasteiger charge is 2.24. The molecule has 0 aromatic heterocycles. The molecule has 2 atom stereocenters. The lowest BCUT2D eigenvalue weighted by molar-refractivity contribution is -0.144. The highest BCUT2D eigenvalue weighted by Crippen LogP contribution is 2.12. The van der Waals surface area contributed by atoms with Gasteiger partial charge in [0.25, 0.3) is 0 Å². The maximum atomic E-state index is 13.4. The molecule has 106 valence electrons. The van der Waals surface area contributed by atoms with E-state index >= 15 is 0 Å². The number of rotatable bonds is 6. The molecule has 0 heterocycles. The van der Waals surface area contributed by atoms with Crippen LogP contribution < -0.4 is 5.32 Å². The Morgan fingerprint density at radius 1 is 1.47 bits per heavy atom. The monoisotopic (exact) mass is 267 g/mol. The van der Waals surface area contributed by atoms with Gasteiger partial charge in [-0.1, -0.05) is 32.4 Å². The van der Waals surface area contributed by atoms with Crippen molar-refractivity contribution in [3.8, 4) is 0 Å². The Balaban J connectivity index is 2.70. The molecule has 0 saturated heterocycles. The Bertz CT molecular complexity index is 434. The Labute approximate surface area is 114 Å². The molecule has 1 N–H and O–H groups in total. The first-order valence-corrected chi connectivity index (χ1v) is 6.55. The van der Waals surface area contributed by atoms with Crippen LogP contribution in [0.3, 0.4) is 0 Å². The number of halogens is 1. The van der Waals surface area contributed by atoms with Gasteiger partial charge in [-0.3, -0.25) is 4.79 Å². The number of methoxy groups -OCH3 is 1. The zero-order valence-corrected chi connectivity index (χ0v) is 12.0. The van der Waals surface area contributed by atoms with Crippen molar-refractivity contribution in [2.45, 2.75) is 39.8 Å². The van der Waals surface area contributed by atoms with E-state index in [1.807, 2.05) is 19.9 Å². The Kier molecular flexibility index (Phi) is 5.96. The van der Waals surface area contributed by atoms with Crippen molar-refractivity contribution in [1.82, 2.24) is 5.32 Å². The summed E-state index contributed by atoms with van der Waals surface area (Å²) >= 11 is 0. The zero-order valence-electron chi connectivity index (χ0n) is 12.0. The molecule has 0 aliphatic carbocycles. The predicted octanol–water partition coefficient (Wildman–Crippen LogP) is 2.81. The predicted molar refractivity (Wildman–Crippen MR) is 73.2 cm³/mol. The van der Waals surface area contributed by atoms with E-state index < -0.39 is 0 Å². The molecule has 2 unspecified atom stereocenters. The van der Waals surface area contributed by atoms with Crippen LogP contribution in [-0.4, -0.2) is 19.1 Å². The molecule has 0 amide bonds. The van der Waals surface area contributed by atoms with Gasteiger partial charge in [0.1, 0.15) is 11.9 Å². The Morgan fingerprint density at radius 3 is 2.68 bits per heavy atom. The van der Waals surface area contributed by atoms with Crippen molar-refractivity contribution in [3.05, 3.63) is 35.1 Å². The molecule has 1 aromatic carbocycles. The maximum absolute atomic E-state index is 13.4. The Morgan fingerprint density at radius 2 is 2.16 bits per heavy atom. The van der Waals surface area contributed by atoms with Gasteiger partial charge >= 0.3 is 5.97 Å². The third-order valence-electron chi connectivity index (χ3n) is 3.43. The molecule has 1 rings (SSSR count). The van der Waals surface area contributed by atoms with E-state index in [4.69, 9.17) is 4.74 Å². The number of ether oxygens (including phenoxy) is 1. The van der Waals surface area contributed by atoms with Gasteiger partial charge in [-0.25, -0.2) is 4.39 Å². The largest absolute Gasteiger partial charge is 0.468 e. The lowest BCUT2D eigenvalue weighted by Crippen LogP contribution is -2.42. The van der Waals surface area contributed by atoms with Crippen LogP contribution in [0.25, 0.3) is 0 Å². The summed E-state index contributed by atoms with van der Waals surface area (Å²) in [5.74, 6) is -0.331. The third kappa shape index (κ3) is 4.31. The summed E-state index contributed by atoms with van der Waals surface area (Å²) in [6.07, 6.45) is 0.870. The number of carbonyl (C=O) groups is 1. The van der Waals surface area contributed by atoms with E-state index in [9.17, 15) is 9.18 Å². The average molecular weight is 267 g/mol. The number of aryl methyl sites for hydroxylation is 1. The van der Waals surface area contributed by atoms with Gasteiger partial charge < -0.3 is 10.1 Å². The lowest BCUT2D eigenvalue weighted by Gasteiger charge is -2.22. The number of benzene rings is 1. The zero-order chi connectivity index (χ0) is 14.4. The summed E-state index contributed by atoms with van der Waals surface area (Å²) in [4.78, 5) is 11.7. The van der Waals surface area contributed by atoms with Crippen molar-refractivity contribution in [1.29, 1.82) is 0 Å². The van der Waals surface area contributed by atoms with Crippen LogP contribution in [0.2, 0.25) is 0 Å². The van der Waals surface area contributed by atoms with Gasteiger partial charge in [0.15, 0.2) is 0 Å². The third-order valence-corrected chi connectivity index (χ3v) is 3.43. The van der Waals surface area contributed by atoms with Crippen LogP contribution in [0, 0.1) is 18.7 Å². The first-order chi connectivity index (χ1) is 8.99. The van der Waals surface area contributed by atoms with Gasteiger partial charge in [-0.05, 0) is 30.0 Å². The van der Waals surface area contributed by atoms with Crippen molar-refractivity contribution < 1.29 is 13.9 Å². The molecule has 1 aromatic rings. The van der Waals surface area contributed by atoms with Crippen LogP contribution >= 0.6 is 0 Å². The standard InChI is InChI=1S/C15H22FNO2/c1-5-10(2)14(15(18)19-4)17-9-12-7-6-11(3)13(16)8-12/h6-8,10,14,17H,5,9H2,1-4H3. The van der Waals surface area contributed by atoms with E-state index in [2.05, 4.69) is 5.32 Å². The van der Waals surface area contributed by atoms with Crippen molar-refractivity contribution in [3.63, 3.8) is 0 Å². The van der Waals surface area contributed by atoms with Gasteiger partial charge in [0, 0.05) is 6.54 Å². The molecule has 3 nitrogen and oxygen atoms in total. The van der Waals surface area contributed by atoms with Crippen LogP contribution in [0.4, 0.5) is 4.39 Å². The molecule has 0 spiro atoms. The van der Waals surface area contributed by atoms with Gasteiger partial charge in [0.05, 0.1) is 7.11 Å². The summed E-state index contributed by atoms with van der Waals surface area (Å²) < 4.78 is 18.2. The lowest BCUT2D eigenvalue weighted by atomic mass is 9.99. The molecule has 0 radical (unpaired) electrons. The quantitative estimate of drug-likeness (QED) is 0.805. The summed E-state index contributed by atoms with van der Waals surface area (Å²) in [6, 6.07) is 4.73. The Hall–Kier alpha value is -1.42. The molecule has 4 heteroatoms. The van der Waals surface area contributed by atoms with E-state index in [0.29, 0.717) is 12.1 Å². The van der Waals surface area contributed by atoms with Crippen molar-refractivity contribution >= 4 is 5.97 Å². The van der Waals surface area contributed by atoms with Crippen LogP contribution in [-0.2, 0) is 16.1 Å². The second kappa shape index (κ2) is 7.24.